The zero-order valence-electron chi connectivity index (χ0n) is 14.9. The van der Waals surface area contributed by atoms with Crippen molar-refractivity contribution in [2.24, 2.45) is 11.1 Å². The van der Waals surface area contributed by atoms with E-state index in [-0.39, 0.29) is 18.0 Å². The predicted octanol–water partition coefficient (Wildman–Crippen LogP) is 2.44. The first kappa shape index (κ1) is 18.6. The van der Waals surface area contributed by atoms with Crippen LogP contribution in [0.4, 0.5) is 0 Å². The van der Waals surface area contributed by atoms with E-state index in [4.69, 9.17) is 10.5 Å². The Balaban J connectivity index is 2.10. The quantitative estimate of drug-likeness (QED) is 0.786. The Kier molecular flexibility index (Phi) is 4.90. The van der Waals surface area contributed by atoms with Crippen LogP contribution in [-0.2, 0) is 19.4 Å². The van der Waals surface area contributed by atoms with Crippen LogP contribution in [0.25, 0.3) is 0 Å². The van der Waals surface area contributed by atoms with Crippen LogP contribution >= 0.6 is 0 Å². The lowest BCUT2D eigenvalue weighted by Gasteiger charge is -2.14. The Hall–Kier alpha value is -2.18. The lowest BCUT2D eigenvalue weighted by Crippen LogP contribution is -2.33. The van der Waals surface area contributed by atoms with Gasteiger partial charge < -0.3 is 10.5 Å². The predicted molar refractivity (Wildman–Crippen MR) is 99.5 cm³/mol. The second-order valence-corrected chi connectivity index (χ2v) is 8.70. The van der Waals surface area contributed by atoms with Gasteiger partial charge in [-0.05, 0) is 31.5 Å². The second-order valence-electron chi connectivity index (χ2n) is 6.63. The third-order valence-electron chi connectivity index (χ3n) is 5.09. The van der Waals surface area contributed by atoms with Crippen LogP contribution in [0.5, 0.6) is 0 Å². The van der Waals surface area contributed by atoms with Gasteiger partial charge in [-0.1, -0.05) is 48.0 Å². The first-order chi connectivity index (χ1) is 12.4. The Labute approximate surface area is 154 Å². The average molecular weight is 373 g/mol. The van der Waals surface area contributed by atoms with Crippen molar-refractivity contribution < 1.29 is 17.9 Å². The van der Waals surface area contributed by atoms with Crippen molar-refractivity contribution in [3.63, 3.8) is 0 Å². The van der Waals surface area contributed by atoms with Crippen LogP contribution in [0.2, 0.25) is 0 Å². The number of carbonyl (C=O) groups is 1. The number of hydrogen-bond donors (Lipinski definition) is 1. The number of esters is 1. The molecule has 1 saturated carbocycles. The third kappa shape index (κ3) is 2.83. The standard InChI is InChI=1S/C20H23NO4S/c1-3-25-19(22)20(13-21)17(15-7-5-4-6-8-15)18(20)26(23,24)16-11-9-14(2)10-12-16/h4-12,17-18H,3,13,21H2,1-2H3/t17-,18+,20-/m1/s1. The molecule has 5 nitrogen and oxygen atoms in total. The molecule has 2 N–H and O–H groups in total. The maximum Gasteiger partial charge on any atom is 0.315 e. The number of sulfone groups is 1. The molecule has 0 spiro atoms. The molecule has 0 amide bonds. The number of nitrogens with two attached hydrogens (primary N) is 1. The summed E-state index contributed by atoms with van der Waals surface area (Å²) in [5, 5.41) is -0.927. The summed E-state index contributed by atoms with van der Waals surface area (Å²) in [7, 11) is -3.74. The largest absolute Gasteiger partial charge is 0.465 e. The fourth-order valence-corrected chi connectivity index (χ4v) is 6.08. The van der Waals surface area contributed by atoms with Crippen LogP contribution in [0.15, 0.2) is 59.5 Å². The van der Waals surface area contributed by atoms with Gasteiger partial charge in [-0.25, -0.2) is 8.42 Å². The van der Waals surface area contributed by atoms with Crippen LogP contribution < -0.4 is 5.73 Å². The van der Waals surface area contributed by atoms with Crippen molar-refractivity contribution >= 4 is 15.8 Å². The molecule has 0 bridgehead atoms. The molecule has 3 rings (SSSR count). The van der Waals surface area contributed by atoms with E-state index in [2.05, 4.69) is 0 Å². The maximum absolute atomic E-state index is 13.3. The molecule has 26 heavy (non-hydrogen) atoms. The third-order valence-corrected chi connectivity index (χ3v) is 7.38. The normalized spacial score (nSPS) is 24.9. The molecule has 3 atom stereocenters. The number of aryl methyl sites for hydroxylation is 1. The van der Waals surface area contributed by atoms with Gasteiger partial charge in [0.05, 0.1) is 16.8 Å². The Morgan fingerprint density at radius 1 is 1.12 bits per heavy atom. The van der Waals surface area contributed by atoms with Crippen LogP contribution in [-0.4, -0.2) is 32.8 Å². The van der Waals surface area contributed by atoms with E-state index >= 15 is 0 Å². The monoisotopic (exact) mass is 373 g/mol. The van der Waals surface area contributed by atoms with E-state index in [9.17, 15) is 13.2 Å². The van der Waals surface area contributed by atoms with Gasteiger partial charge in [0.2, 0.25) is 0 Å². The molecular weight excluding hydrogens is 350 g/mol. The minimum Gasteiger partial charge on any atom is -0.465 e. The van der Waals surface area contributed by atoms with Crippen molar-refractivity contribution in [3.8, 4) is 0 Å². The Morgan fingerprint density at radius 3 is 2.27 bits per heavy atom. The molecule has 6 heteroatoms. The molecular formula is C20H23NO4S. The van der Waals surface area contributed by atoms with Gasteiger partial charge in [0, 0.05) is 12.5 Å². The van der Waals surface area contributed by atoms with Gasteiger partial charge >= 0.3 is 5.97 Å². The van der Waals surface area contributed by atoms with Gasteiger partial charge in [-0.15, -0.1) is 0 Å². The summed E-state index contributed by atoms with van der Waals surface area (Å²) in [6.45, 7) is 3.69. The van der Waals surface area contributed by atoms with Crippen molar-refractivity contribution in [1.29, 1.82) is 0 Å². The molecule has 0 radical (unpaired) electrons. The summed E-state index contributed by atoms with van der Waals surface area (Å²) in [6.07, 6.45) is 0. The zero-order valence-corrected chi connectivity index (χ0v) is 15.7. The van der Waals surface area contributed by atoms with Crippen LogP contribution in [0, 0.1) is 12.3 Å². The number of carbonyl (C=O) groups excluding carboxylic acids is 1. The fraction of sp³-hybridized carbons (Fsp3) is 0.350. The summed E-state index contributed by atoms with van der Waals surface area (Å²) in [5.41, 5.74) is 6.45. The smallest absolute Gasteiger partial charge is 0.315 e. The van der Waals surface area contributed by atoms with Gasteiger partial charge in [0.1, 0.15) is 5.41 Å². The molecule has 1 fully saturated rings. The van der Waals surface area contributed by atoms with Crippen molar-refractivity contribution in [2.75, 3.05) is 13.2 Å². The van der Waals surface area contributed by atoms with Crippen LogP contribution in [0.1, 0.15) is 24.0 Å². The molecule has 0 heterocycles. The van der Waals surface area contributed by atoms with Crippen molar-refractivity contribution in [3.05, 3.63) is 65.7 Å². The Bertz CT molecular complexity index is 893. The summed E-state index contributed by atoms with van der Waals surface area (Å²) >= 11 is 0. The van der Waals surface area contributed by atoms with E-state index in [0.717, 1.165) is 11.1 Å². The van der Waals surface area contributed by atoms with Gasteiger partial charge in [0.25, 0.3) is 0 Å². The molecule has 1 aliphatic rings. The maximum atomic E-state index is 13.3. The summed E-state index contributed by atoms with van der Waals surface area (Å²) in [5.74, 6) is -1.06. The van der Waals surface area contributed by atoms with Gasteiger partial charge in [-0.2, -0.15) is 0 Å². The SMILES string of the molecule is CCOC(=O)[C@]1(CN)[C@H](c2ccccc2)[C@@H]1S(=O)(=O)c1ccc(C)cc1. The number of benzene rings is 2. The molecule has 2 aromatic rings. The van der Waals surface area contributed by atoms with E-state index in [0.29, 0.717) is 0 Å². The van der Waals surface area contributed by atoms with E-state index in [1.807, 2.05) is 37.3 Å². The minimum atomic E-state index is -3.74. The summed E-state index contributed by atoms with van der Waals surface area (Å²) in [4.78, 5) is 12.9. The molecule has 0 aromatic heterocycles. The average Bonchev–Trinajstić information content (AvgIpc) is 3.35. The highest BCUT2D eigenvalue weighted by Crippen LogP contribution is 2.64. The topological polar surface area (TPSA) is 86.5 Å². The van der Waals surface area contributed by atoms with Crippen molar-refractivity contribution in [2.45, 2.75) is 29.9 Å². The van der Waals surface area contributed by atoms with E-state index in [1.54, 1.807) is 31.2 Å². The highest BCUT2D eigenvalue weighted by molar-refractivity contribution is 7.92. The first-order valence-corrected chi connectivity index (χ1v) is 10.2. The summed E-state index contributed by atoms with van der Waals surface area (Å²) < 4.78 is 31.8. The summed E-state index contributed by atoms with van der Waals surface area (Å²) in [6, 6.07) is 15.8. The highest BCUT2D eigenvalue weighted by atomic mass is 32.2. The Morgan fingerprint density at radius 2 is 1.73 bits per heavy atom. The lowest BCUT2D eigenvalue weighted by molar-refractivity contribution is -0.149. The number of hydrogen-bond acceptors (Lipinski definition) is 5. The van der Waals surface area contributed by atoms with E-state index in [1.165, 1.54) is 0 Å². The molecule has 0 unspecified atom stereocenters. The second kappa shape index (κ2) is 6.85. The van der Waals surface area contributed by atoms with Crippen molar-refractivity contribution in [1.82, 2.24) is 0 Å². The van der Waals surface area contributed by atoms with E-state index < -0.39 is 32.4 Å². The molecule has 1 aliphatic carbocycles. The molecule has 0 aliphatic heterocycles. The molecule has 2 aromatic carbocycles. The molecule has 0 saturated heterocycles. The van der Waals surface area contributed by atoms with Crippen LogP contribution in [0.3, 0.4) is 0 Å². The lowest BCUT2D eigenvalue weighted by atomic mass is 9.99. The zero-order chi connectivity index (χ0) is 18.9. The van der Waals surface area contributed by atoms with Gasteiger partial charge in [0.15, 0.2) is 9.84 Å². The highest BCUT2D eigenvalue weighted by Gasteiger charge is 2.75. The number of ether oxygens (including phenoxy) is 1. The number of rotatable bonds is 6. The molecule has 138 valence electrons. The first-order valence-electron chi connectivity index (χ1n) is 8.62. The minimum absolute atomic E-state index is 0.0822. The fourth-order valence-electron chi connectivity index (χ4n) is 3.70. The van der Waals surface area contributed by atoms with Gasteiger partial charge in [-0.3, -0.25) is 4.79 Å².